The second-order valence-corrected chi connectivity index (χ2v) is 3.13. The zero-order valence-electron chi connectivity index (χ0n) is 9.13. The topological polar surface area (TPSA) is 62.2 Å². The zero-order chi connectivity index (χ0) is 12.1. The number of carbonyl (C=O) groups excluding carboxylic acids is 1. The van der Waals surface area contributed by atoms with Crippen LogP contribution in [0.25, 0.3) is 0 Å². The number of esters is 1. The largest absolute Gasteiger partial charge is 0.460 e. The maximum atomic E-state index is 13.2. The maximum absolute atomic E-state index is 13.2. The van der Waals surface area contributed by atoms with E-state index in [1.54, 1.807) is 19.9 Å². The molecule has 0 bridgehead atoms. The van der Waals surface area contributed by atoms with E-state index in [1.165, 1.54) is 12.1 Å². The highest BCUT2D eigenvalue weighted by Gasteiger charge is 2.12. The number of hydrogen-bond acceptors (Lipinski definition) is 3. The number of ether oxygens (including phenoxy) is 1. The third-order valence-electron chi connectivity index (χ3n) is 2.01. The van der Waals surface area contributed by atoms with E-state index in [1.807, 2.05) is 0 Å². The molecule has 0 unspecified atom stereocenters. The van der Waals surface area contributed by atoms with Crippen molar-refractivity contribution in [2.45, 2.75) is 13.8 Å². The first-order valence-corrected chi connectivity index (χ1v) is 4.84. The summed E-state index contributed by atoms with van der Waals surface area (Å²) in [6, 6.07) is 4.41. The molecule has 0 radical (unpaired) electrons. The highest BCUT2D eigenvalue weighted by Crippen LogP contribution is 2.17. The molecule has 0 saturated carbocycles. The summed E-state index contributed by atoms with van der Waals surface area (Å²) in [6.45, 7) is 3.42. The van der Waals surface area contributed by atoms with Crippen LogP contribution in [0.2, 0.25) is 0 Å². The van der Waals surface area contributed by atoms with Gasteiger partial charge in [0.25, 0.3) is 0 Å². The average Bonchev–Trinajstić information content (AvgIpc) is 2.25. The fraction of sp³-hybridized carbons (Fsp3) is 0.273. The minimum Gasteiger partial charge on any atom is -0.460 e. The lowest BCUT2D eigenvalue weighted by molar-refractivity contribution is -0.135. The van der Waals surface area contributed by atoms with E-state index in [0.29, 0.717) is 11.3 Å². The van der Waals surface area contributed by atoms with Crippen LogP contribution in [-0.4, -0.2) is 18.4 Å². The van der Waals surface area contributed by atoms with E-state index >= 15 is 0 Å². The molecule has 4 nitrogen and oxygen atoms in total. The number of benzene rings is 1. The van der Waals surface area contributed by atoms with Gasteiger partial charge in [-0.15, -0.1) is 0 Å². The van der Waals surface area contributed by atoms with Gasteiger partial charge in [-0.1, -0.05) is 6.07 Å². The number of carbonyl (C=O) groups is 1. The molecule has 16 heavy (non-hydrogen) atoms. The molecule has 1 aromatic rings. The van der Waals surface area contributed by atoms with Crippen LogP contribution in [0.1, 0.15) is 12.5 Å². The fourth-order valence-corrected chi connectivity index (χ4v) is 1.13. The summed E-state index contributed by atoms with van der Waals surface area (Å²) in [5, 5.41) is 9.90. The van der Waals surface area contributed by atoms with Gasteiger partial charge in [0.15, 0.2) is 0 Å². The van der Waals surface area contributed by atoms with Gasteiger partial charge in [0.1, 0.15) is 5.82 Å². The quantitative estimate of drug-likeness (QED) is 0.459. The lowest BCUT2D eigenvalue weighted by atomic mass is 10.2. The van der Waals surface area contributed by atoms with Crippen LogP contribution in [0.5, 0.6) is 0 Å². The Balaban J connectivity index is 2.77. The first-order chi connectivity index (χ1) is 7.56. The third kappa shape index (κ3) is 2.79. The van der Waals surface area contributed by atoms with Crippen molar-refractivity contribution >= 4 is 17.5 Å². The van der Waals surface area contributed by atoms with Gasteiger partial charge in [-0.05, 0) is 26.0 Å². The molecule has 0 aliphatic carbocycles. The van der Waals surface area contributed by atoms with Crippen LogP contribution in [0, 0.1) is 18.2 Å². The number of anilines is 1. The van der Waals surface area contributed by atoms with Gasteiger partial charge in [0.2, 0.25) is 5.84 Å². The maximum Gasteiger partial charge on any atom is 0.373 e. The van der Waals surface area contributed by atoms with Crippen LogP contribution in [0.3, 0.4) is 0 Å². The Hall–Kier alpha value is -1.91. The summed E-state index contributed by atoms with van der Waals surface area (Å²) >= 11 is 0. The van der Waals surface area contributed by atoms with Crippen molar-refractivity contribution in [3.63, 3.8) is 0 Å². The van der Waals surface area contributed by atoms with Crippen molar-refractivity contribution in [1.82, 2.24) is 0 Å². The average molecular weight is 224 g/mol. The zero-order valence-corrected chi connectivity index (χ0v) is 9.13. The van der Waals surface area contributed by atoms with Gasteiger partial charge >= 0.3 is 5.97 Å². The van der Waals surface area contributed by atoms with E-state index in [-0.39, 0.29) is 12.4 Å². The van der Waals surface area contributed by atoms with Crippen molar-refractivity contribution in [3.8, 4) is 0 Å². The van der Waals surface area contributed by atoms with E-state index in [4.69, 9.17) is 5.41 Å². The lowest BCUT2D eigenvalue weighted by Gasteiger charge is -2.09. The molecule has 0 spiro atoms. The van der Waals surface area contributed by atoms with Gasteiger partial charge in [0, 0.05) is 11.3 Å². The standard InChI is InChI=1S/C11H13FN2O2/c1-3-16-11(15)10(13)14-9-6-4-5-8(12)7(9)2/h4-6H,3H2,1-2H3,(H2,13,14). The number of hydrogen-bond donors (Lipinski definition) is 2. The molecule has 0 amide bonds. The monoisotopic (exact) mass is 224 g/mol. The van der Waals surface area contributed by atoms with Gasteiger partial charge in [-0.3, -0.25) is 5.41 Å². The molecule has 0 heterocycles. The Morgan fingerprint density at radius 1 is 1.56 bits per heavy atom. The summed E-state index contributed by atoms with van der Waals surface area (Å²) in [6.07, 6.45) is 0. The molecule has 86 valence electrons. The van der Waals surface area contributed by atoms with E-state index in [9.17, 15) is 9.18 Å². The molecule has 1 aromatic carbocycles. The minimum absolute atomic E-state index is 0.199. The molecule has 0 fully saturated rings. The summed E-state index contributed by atoms with van der Waals surface area (Å²) in [4.78, 5) is 11.1. The normalized spacial score (nSPS) is 9.69. The first kappa shape index (κ1) is 12.2. The molecular weight excluding hydrogens is 211 g/mol. The summed E-state index contributed by atoms with van der Waals surface area (Å²) in [7, 11) is 0. The molecule has 1 rings (SSSR count). The van der Waals surface area contributed by atoms with Crippen molar-refractivity contribution < 1.29 is 13.9 Å². The van der Waals surface area contributed by atoms with E-state index < -0.39 is 11.8 Å². The molecular formula is C11H13FN2O2. The second kappa shape index (κ2) is 5.25. The van der Waals surface area contributed by atoms with Gasteiger partial charge in [0.05, 0.1) is 6.61 Å². The van der Waals surface area contributed by atoms with Crippen molar-refractivity contribution in [3.05, 3.63) is 29.6 Å². The molecule has 0 saturated heterocycles. The number of amidine groups is 1. The van der Waals surface area contributed by atoms with E-state index in [0.717, 1.165) is 0 Å². The Labute approximate surface area is 92.9 Å². The highest BCUT2D eigenvalue weighted by molar-refractivity contribution is 6.38. The summed E-state index contributed by atoms with van der Waals surface area (Å²) in [5.41, 5.74) is 0.745. The predicted octanol–water partition coefficient (Wildman–Crippen LogP) is 2.09. The smallest absolute Gasteiger partial charge is 0.373 e. The van der Waals surface area contributed by atoms with Gasteiger partial charge < -0.3 is 10.1 Å². The summed E-state index contributed by atoms with van der Waals surface area (Å²) in [5.74, 6) is -1.55. The summed E-state index contributed by atoms with van der Waals surface area (Å²) < 4.78 is 17.8. The van der Waals surface area contributed by atoms with Crippen LogP contribution >= 0.6 is 0 Å². The second-order valence-electron chi connectivity index (χ2n) is 3.13. The van der Waals surface area contributed by atoms with Crippen LogP contribution < -0.4 is 5.32 Å². The van der Waals surface area contributed by atoms with E-state index in [2.05, 4.69) is 10.1 Å². The minimum atomic E-state index is -0.758. The number of nitrogens with one attached hydrogen (secondary N) is 2. The molecule has 0 aromatic heterocycles. The highest BCUT2D eigenvalue weighted by atomic mass is 19.1. The molecule has 2 N–H and O–H groups in total. The lowest BCUT2D eigenvalue weighted by Crippen LogP contribution is -2.24. The fourth-order valence-electron chi connectivity index (χ4n) is 1.13. The number of rotatable bonds is 2. The van der Waals surface area contributed by atoms with Crippen molar-refractivity contribution in [2.24, 2.45) is 0 Å². The van der Waals surface area contributed by atoms with Gasteiger partial charge in [-0.25, -0.2) is 9.18 Å². The van der Waals surface area contributed by atoms with Crippen LogP contribution in [0.4, 0.5) is 10.1 Å². The van der Waals surface area contributed by atoms with Crippen LogP contribution in [-0.2, 0) is 9.53 Å². The molecule has 0 atom stereocenters. The molecule has 0 aliphatic rings. The van der Waals surface area contributed by atoms with Crippen molar-refractivity contribution in [2.75, 3.05) is 11.9 Å². The Kier molecular flexibility index (Phi) is 3.99. The Bertz CT molecular complexity index is 418. The van der Waals surface area contributed by atoms with Crippen molar-refractivity contribution in [1.29, 1.82) is 5.41 Å². The third-order valence-corrected chi connectivity index (χ3v) is 2.01. The Morgan fingerprint density at radius 2 is 2.25 bits per heavy atom. The molecule has 5 heteroatoms. The number of halogens is 1. The Morgan fingerprint density at radius 3 is 2.88 bits per heavy atom. The SMILES string of the molecule is CCOC(=O)C(=N)Nc1cccc(F)c1C. The predicted molar refractivity (Wildman–Crippen MR) is 59.1 cm³/mol. The van der Waals surface area contributed by atoms with Gasteiger partial charge in [-0.2, -0.15) is 0 Å². The van der Waals surface area contributed by atoms with Crippen LogP contribution in [0.15, 0.2) is 18.2 Å². The first-order valence-electron chi connectivity index (χ1n) is 4.84. The molecule has 0 aliphatic heterocycles.